The number of rotatable bonds is 3. The van der Waals surface area contributed by atoms with E-state index in [1.165, 1.54) is 5.56 Å². The molecule has 18 heavy (non-hydrogen) atoms. The first-order valence-corrected chi connectivity index (χ1v) is 7.66. The molecule has 0 heterocycles. The Morgan fingerprint density at radius 1 is 1.22 bits per heavy atom. The molecule has 1 atom stereocenters. The lowest BCUT2D eigenvalue weighted by Gasteiger charge is -2.07. The minimum absolute atomic E-state index is 0.488. The summed E-state index contributed by atoms with van der Waals surface area (Å²) in [6, 6.07) is 13.5. The molecule has 0 spiro atoms. The van der Waals surface area contributed by atoms with Gasteiger partial charge in [0.1, 0.15) is 0 Å². The molecule has 0 saturated heterocycles. The van der Waals surface area contributed by atoms with E-state index in [-0.39, 0.29) is 0 Å². The van der Waals surface area contributed by atoms with Crippen LogP contribution in [0.5, 0.6) is 0 Å². The van der Waals surface area contributed by atoms with Gasteiger partial charge < -0.3 is 5.73 Å². The van der Waals surface area contributed by atoms with E-state index >= 15 is 0 Å². The lowest BCUT2D eigenvalue weighted by atomic mass is 10.2. The summed E-state index contributed by atoms with van der Waals surface area (Å²) < 4.78 is 13.2. The molecule has 2 rings (SSSR count). The number of nitrogens with two attached hydrogens (primary N) is 1. The van der Waals surface area contributed by atoms with Crippen molar-refractivity contribution in [1.29, 1.82) is 0 Å². The number of aryl methyl sites for hydroxylation is 1. The van der Waals surface area contributed by atoms with Crippen molar-refractivity contribution in [3.63, 3.8) is 0 Å². The molecular formula is C14H14BrNOS. The van der Waals surface area contributed by atoms with Crippen molar-refractivity contribution in [3.05, 3.63) is 58.1 Å². The van der Waals surface area contributed by atoms with Crippen molar-refractivity contribution >= 4 is 32.4 Å². The van der Waals surface area contributed by atoms with Gasteiger partial charge in [0.25, 0.3) is 0 Å². The van der Waals surface area contributed by atoms with E-state index in [0.29, 0.717) is 16.3 Å². The molecule has 4 heteroatoms. The molecule has 0 aliphatic rings. The molecule has 0 aliphatic heterocycles. The summed E-state index contributed by atoms with van der Waals surface area (Å²) in [5, 5.41) is 0. The summed E-state index contributed by atoms with van der Waals surface area (Å²) in [7, 11) is -1.12. The predicted molar refractivity (Wildman–Crippen MR) is 79.8 cm³/mol. The van der Waals surface area contributed by atoms with Gasteiger partial charge in [0.2, 0.25) is 0 Å². The van der Waals surface area contributed by atoms with Crippen LogP contribution in [0.3, 0.4) is 0 Å². The minimum atomic E-state index is -1.12. The Morgan fingerprint density at radius 2 is 2.00 bits per heavy atom. The maximum atomic E-state index is 12.3. The second-order valence-corrected chi connectivity index (χ2v) is 6.50. The summed E-state index contributed by atoms with van der Waals surface area (Å²) >= 11 is 3.37. The average molecular weight is 324 g/mol. The zero-order valence-electron chi connectivity index (χ0n) is 10.0. The zero-order valence-corrected chi connectivity index (χ0v) is 12.4. The van der Waals surface area contributed by atoms with E-state index in [2.05, 4.69) is 15.9 Å². The Kier molecular flexibility index (Phi) is 4.19. The monoisotopic (exact) mass is 323 g/mol. The number of hydrogen-bond acceptors (Lipinski definition) is 2. The van der Waals surface area contributed by atoms with Crippen LogP contribution in [-0.4, -0.2) is 4.21 Å². The van der Waals surface area contributed by atoms with Crippen molar-refractivity contribution in [2.75, 3.05) is 5.73 Å². The second-order valence-electron chi connectivity index (χ2n) is 4.16. The van der Waals surface area contributed by atoms with Gasteiger partial charge in [-0.15, -0.1) is 0 Å². The number of hydrogen-bond donors (Lipinski definition) is 1. The molecular weight excluding hydrogens is 310 g/mol. The average Bonchev–Trinajstić information content (AvgIpc) is 2.32. The van der Waals surface area contributed by atoms with Crippen LogP contribution in [0.15, 0.2) is 51.8 Å². The molecule has 0 aliphatic carbocycles. The largest absolute Gasteiger partial charge is 0.398 e. The fraction of sp³-hybridized carbons (Fsp3) is 0.143. The van der Waals surface area contributed by atoms with Crippen LogP contribution >= 0.6 is 15.9 Å². The van der Waals surface area contributed by atoms with Crippen LogP contribution in [0.4, 0.5) is 5.69 Å². The highest BCUT2D eigenvalue weighted by Crippen LogP contribution is 2.23. The van der Waals surface area contributed by atoms with E-state index in [4.69, 9.17) is 5.73 Å². The van der Waals surface area contributed by atoms with E-state index in [1.807, 2.05) is 43.3 Å². The van der Waals surface area contributed by atoms with Crippen molar-refractivity contribution in [2.45, 2.75) is 17.6 Å². The summed E-state index contributed by atoms with van der Waals surface area (Å²) in [5.41, 5.74) is 8.67. The van der Waals surface area contributed by atoms with Gasteiger partial charge in [-0.3, -0.25) is 4.21 Å². The third-order valence-electron chi connectivity index (χ3n) is 2.60. The molecule has 2 aromatic rings. The maximum absolute atomic E-state index is 12.3. The summed E-state index contributed by atoms with van der Waals surface area (Å²) in [6.07, 6.45) is 0. The SMILES string of the molecule is Cc1cccc(CS(=O)c2cc(Br)ccc2N)c1. The Balaban J connectivity index is 2.24. The standard InChI is InChI=1S/C14H14BrNOS/c1-10-3-2-4-11(7-10)9-18(17)14-8-12(15)5-6-13(14)16/h2-8H,9,16H2,1H3. The van der Waals surface area contributed by atoms with E-state index in [9.17, 15) is 4.21 Å². The van der Waals surface area contributed by atoms with Crippen molar-refractivity contribution in [1.82, 2.24) is 0 Å². The molecule has 94 valence electrons. The van der Waals surface area contributed by atoms with Gasteiger partial charge in [0.15, 0.2) is 0 Å². The molecule has 0 saturated carbocycles. The fourth-order valence-corrected chi connectivity index (χ4v) is 3.48. The molecule has 2 nitrogen and oxygen atoms in total. The van der Waals surface area contributed by atoms with Gasteiger partial charge in [-0.1, -0.05) is 45.8 Å². The zero-order chi connectivity index (χ0) is 13.1. The highest BCUT2D eigenvalue weighted by molar-refractivity contribution is 9.10. The van der Waals surface area contributed by atoms with Gasteiger partial charge in [-0.2, -0.15) is 0 Å². The lowest BCUT2D eigenvalue weighted by molar-refractivity contribution is 0.683. The molecule has 2 aromatic carbocycles. The first-order chi connectivity index (χ1) is 8.56. The lowest BCUT2D eigenvalue weighted by Crippen LogP contribution is -2.01. The number of halogens is 1. The van der Waals surface area contributed by atoms with Gasteiger partial charge in [0.05, 0.1) is 21.4 Å². The molecule has 0 aromatic heterocycles. The first kappa shape index (κ1) is 13.3. The highest BCUT2D eigenvalue weighted by Gasteiger charge is 2.09. The Bertz CT molecular complexity index is 598. The Hall–Kier alpha value is -1.13. The topological polar surface area (TPSA) is 43.1 Å². The minimum Gasteiger partial charge on any atom is -0.398 e. The van der Waals surface area contributed by atoms with Gasteiger partial charge in [-0.05, 0) is 30.7 Å². The van der Waals surface area contributed by atoms with Gasteiger partial charge in [0, 0.05) is 10.2 Å². The third-order valence-corrected chi connectivity index (χ3v) is 4.53. The van der Waals surface area contributed by atoms with Crippen LogP contribution in [-0.2, 0) is 16.6 Å². The molecule has 0 bridgehead atoms. The second kappa shape index (κ2) is 5.67. The molecule has 0 radical (unpaired) electrons. The fourth-order valence-electron chi connectivity index (χ4n) is 1.74. The summed E-state index contributed by atoms with van der Waals surface area (Å²) in [6.45, 7) is 2.03. The van der Waals surface area contributed by atoms with E-state index < -0.39 is 10.8 Å². The van der Waals surface area contributed by atoms with Gasteiger partial charge >= 0.3 is 0 Å². The van der Waals surface area contributed by atoms with E-state index in [0.717, 1.165) is 10.0 Å². The summed E-state index contributed by atoms with van der Waals surface area (Å²) in [5.74, 6) is 0.488. The van der Waals surface area contributed by atoms with E-state index in [1.54, 1.807) is 6.07 Å². The normalized spacial score (nSPS) is 12.3. The highest BCUT2D eigenvalue weighted by atomic mass is 79.9. The van der Waals surface area contributed by atoms with Crippen molar-refractivity contribution in [3.8, 4) is 0 Å². The number of benzene rings is 2. The summed E-state index contributed by atoms with van der Waals surface area (Å²) in [4.78, 5) is 0.686. The van der Waals surface area contributed by atoms with Crippen LogP contribution in [0, 0.1) is 6.92 Å². The third kappa shape index (κ3) is 3.21. The quantitative estimate of drug-likeness (QED) is 0.876. The smallest absolute Gasteiger partial charge is 0.0632 e. The number of anilines is 1. The van der Waals surface area contributed by atoms with Crippen LogP contribution < -0.4 is 5.73 Å². The molecule has 2 N–H and O–H groups in total. The maximum Gasteiger partial charge on any atom is 0.0632 e. The van der Waals surface area contributed by atoms with Crippen LogP contribution in [0.2, 0.25) is 0 Å². The molecule has 1 unspecified atom stereocenters. The molecule has 0 amide bonds. The Labute approximate surface area is 118 Å². The van der Waals surface area contributed by atoms with Crippen LogP contribution in [0.1, 0.15) is 11.1 Å². The van der Waals surface area contributed by atoms with Crippen molar-refractivity contribution < 1.29 is 4.21 Å². The Morgan fingerprint density at radius 3 is 2.72 bits per heavy atom. The predicted octanol–water partition coefficient (Wildman–Crippen LogP) is 3.65. The molecule has 0 fully saturated rings. The first-order valence-electron chi connectivity index (χ1n) is 5.55. The van der Waals surface area contributed by atoms with Crippen LogP contribution in [0.25, 0.3) is 0 Å². The van der Waals surface area contributed by atoms with Crippen molar-refractivity contribution in [2.24, 2.45) is 0 Å². The number of nitrogen functional groups attached to an aromatic ring is 1. The van der Waals surface area contributed by atoms with Gasteiger partial charge in [-0.25, -0.2) is 0 Å².